The SMILES string of the molecule is CC(C)c1nn(-c2ccc(Br)cn2)c2n[nH]c(N)c12. The normalized spacial score (nSPS) is 11.6. The van der Waals surface area contributed by atoms with Gasteiger partial charge in [-0.15, -0.1) is 0 Å². The zero-order valence-electron chi connectivity index (χ0n) is 10.6. The number of nitrogens with zero attached hydrogens (tertiary/aromatic N) is 4. The van der Waals surface area contributed by atoms with Crippen LogP contribution in [0.2, 0.25) is 0 Å². The Balaban J connectivity index is 2.27. The number of nitrogen functional groups attached to an aromatic ring is 1. The van der Waals surface area contributed by atoms with Crippen LogP contribution >= 0.6 is 15.9 Å². The summed E-state index contributed by atoms with van der Waals surface area (Å²) in [7, 11) is 0. The molecular formula is C12H13BrN6. The number of H-pyrrole nitrogens is 1. The quantitative estimate of drug-likeness (QED) is 0.760. The van der Waals surface area contributed by atoms with Crippen molar-refractivity contribution in [3.8, 4) is 5.82 Å². The molecule has 0 fully saturated rings. The Kier molecular flexibility index (Phi) is 2.78. The number of halogens is 1. The van der Waals surface area contributed by atoms with Crippen LogP contribution in [-0.2, 0) is 0 Å². The van der Waals surface area contributed by atoms with Crippen LogP contribution in [0.15, 0.2) is 22.8 Å². The average molecular weight is 321 g/mol. The maximum absolute atomic E-state index is 5.93. The lowest BCUT2D eigenvalue weighted by Crippen LogP contribution is -2.01. The summed E-state index contributed by atoms with van der Waals surface area (Å²) in [5.74, 6) is 1.52. The molecule has 0 radical (unpaired) electrons. The number of pyridine rings is 1. The Morgan fingerprint density at radius 3 is 2.79 bits per heavy atom. The first-order valence-electron chi connectivity index (χ1n) is 5.92. The molecule has 0 aliphatic rings. The first kappa shape index (κ1) is 12.2. The number of anilines is 1. The molecule has 0 unspecified atom stereocenters. The summed E-state index contributed by atoms with van der Waals surface area (Å²) in [6.07, 6.45) is 1.73. The van der Waals surface area contributed by atoms with Gasteiger partial charge in [0.1, 0.15) is 5.82 Å². The Morgan fingerprint density at radius 1 is 1.37 bits per heavy atom. The molecule has 0 amide bonds. The van der Waals surface area contributed by atoms with E-state index in [-0.39, 0.29) is 5.92 Å². The molecule has 98 valence electrons. The highest BCUT2D eigenvalue weighted by Crippen LogP contribution is 2.29. The summed E-state index contributed by atoms with van der Waals surface area (Å²) in [6.45, 7) is 4.15. The predicted octanol–water partition coefficient (Wildman–Crippen LogP) is 2.61. The highest BCUT2D eigenvalue weighted by molar-refractivity contribution is 9.10. The lowest BCUT2D eigenvalue weighted by molar-refractivity contribution is 0.761. The number of nitrogens with one attached hydrogen (secondary N) is 1. The Morgan fingerprint density at radius 2 is 2.16 bits per heavy atom. The summed E-state index contributed by atoms with van der Waals surface area (Å²) >= 11 is 3.37. The minimum Gasteiger partial charge on any atom is -0.383 e. The molecule has 0 aromatic carbocycles. The summed E-state index contributed by atoms with van der Waals surface area (Å²) in [4.78, 5) is 4.34. The maximum atomic E-state index is 5.93. The minimum absolute atomic E-state index is 0.263. The van der Waals surface area contributed by atoms with Crippen molar-refractivity contribution in [3.63, 3.8) is 0 Å². The van der Waals surface area contributed by atoms with Crippen LogP contribution in [0.3, 0.4) is 0 Å². The monoisotopic (exact) mass is 320 g/mol. The van der Waals surface area contributed by atoms with Gasteiger partial charge in [0.15, 0.2) is 11.5 Å². The van der Waals surface area contributed by atoms with Gasteiger partial charge in [0.25, 0.3) is 0 Å². The zero-order valence-corrected chi connectivity index (χ0v) is 12.1. The topological polar surface area (TPSA) is 85.4 Å². The molecule has 7 heteroatoms. The van der Waals surface area contributed by atoms with Crippen LogP contribution in [0.1, 0.15) is 25.5 Å². The van der Waals surface area contributed by atoms with E-state index in [9.17, 15) is 0 Å². The molecule has 3 aromatic rings. The molecule has 0 aliphatic heterocycles. The van der Waals surface area contributed by atoms with Gasteiger partial charge >= 0.3 is 0 Å². The zero-order chi connectivity index (χ0) is 13.6. The standard InChI is InChI=1S/C12H13BrN6/c1-6(2)10-9-11(14)16-17-12(9)19(18-10)8-4-3-7(13)5-15-8/h3-6H,1-2H3,(H3,14,16,17). The van der Waals surface area contributed by atoms with E-state index in [4.69, 9.17) is 5.73 Å². The smallest absolute Gasteiger partial charge is 0.188 e. The van der Waals surface area contributed by atoms with Gasteiger partial charge in [0, 0.05) is 10.7 Å². The fourth-order valence-corrected chi connectivity index (χ4v) is 2.25. The molecule has 0 atom stereocenters. The largest absolute Gasteiger partial charge is 0.383 e. The lowest BCUT2D eigenvalue weighted by Gasteiger charge is -2.02. The minimum atomic E-state index is 0.263. The molecule has 3 heterocycles. The van der Waals surface area contributed by atoms with E-state index in [0.29, 0.717) is 17.3 Å². The maximum Gasteiger partial charge on any atom is 0.188 e. The van der Waals surface area contributed by atoms with Crippen LogP contribution < -0.4 is 5.73 Å². The van der Waals surface area contributed by atoms with Crippen LogP contribution in [-0.4, -0.2) is 25.0 Å². The molecule has 3 aromatic heterocycles. The van der Waals surface area contributed by atoms with Crippen LogP contribution in [0.25, 0.3) is 16.9 Å². The number of rotatable bonds is 2. The van der Waals surface area contributed by atoms with Crippen molar-refractivity contribution < 1.29 is 0 Å². The molecule has 19 heavy (non-hydrogen) atoms. The average Bonchev–Trinajstić information content (AvgIpc) is 2.92. The molecule has 0 spiro atoms. The van der Waals surface area contributed by atoms with Crippen molar-refractivity contribution in [2.45, 2.75) is 19.8 Å². The van der Waals surface area contributed by atoms with E-state index in [2.05, 4.69) is 50.1 Å². The van der Waals surface area contributed by atoms with Crippen molar-refractivity contribution >= 4 is 32.8 Å². The molecule has 3 N–H and O–H groups in total. The second-order valence-electron chi connectivity index (χ2n) is 4.62. The summed E-state index contributed by atoms with van der Waals surface area (Å²) in [6, 6.07) is 3.80. The summed E-state index contributed by atoms with van der Waals surface area (Å²) in [5.41, 5.74) is 7.56. The van der Waals surface area contributed by atoms with E-state index >= 15 is 0 Å². The third-order valence-electron chi connectivity index (χ3n) is 2.92. The van der Waals surface area contributed by atoms with Gasteiger partial charge in [-0.1, -0.05) is 13.8 Å². The van der Waals surface area contributed by atoms with Crippen LogP contribution in [0, 0.1) is 0 Å². The summed E-state index contributed by atoms with van der Waals surface area (Å²) < 4.78 is 2.63. The van der Waals surface area contributed by atoms with E-state index < -0.39 is 0 Å². The molecule has 6 nitrogen and oxygen atoms in total. The fraction of sp³-hybridized carbons (Fsp3) is 0.250. The molecule has 0 aliphatic carbocycles. The van der Waals surface area contributed by atoms with Gasteiger partial charge < -0.3 is 5.73 Å². The third kappa shape index (κ3) is 1.90. The van der Waals surface area contributed by atoms with Crippen molar-refractivity contribution in [1.82, 2.24) is 25.0 Å². The van der Waals surface area contributed by atoms with Crippen LogP contribution in [0.5, 0.6) is 0 Å². The van der Waals surface area contributed by atoms with Gasteiger partial charge in [0.05, 0.1) is 11.1 Å². The van der Waals surface area contributed by atoms with Gasteiger partial charge in [-0.25, -0.2) is 4.98 Å². The van der Waals surface area contributed by atoms with E-state index in [0.717, 1.165) is 15.6 Å². The first-order chi connectivity index (χ1) is 9.08. The lowest BCUT2D eigenvalue weighted by atomic mass is 10.1. The summed E-state index contributed by atoms with van der Waals surface area (Å²) in [5, 5.41) is 12.5. The second-order valence-corrected chi connectivity index (χ2v) is 5.54. The van der Waals surface area contributed by atoms with E-state index in [1.165, 1.54) is 0 Å². The number of nitrogens with two attached hydrogens (primary N) is 1. The van der Waals surface area contributed by atoms with Gasteiger partial charge in [0.2, 0.25) is 0 Å². The Labute approximate surface area is 118 Å². The van der Waals surface area contributed by atoms with Gasteiger partial charge in [-0.05, 0) is 34.0 Å². The van der Waals surface area contributed by atoms with Gasteiger partial charge in [-0.3, -0.25) is 5.10 Å². The number of aromatic amines is 1. The predicted molar refractivity (Wildman–Crippen MR) is 77.2 cm³/mol. The van der Waals surface area contributed by atoms with Crippen molar-refractivity contribution in [2.24, 2.45) is 0 Å². The number of aromatic nitrogens is 5. The first-order valence-corrected chi connectivity index (χ1v) is 6.71. The highest BCUT2D eigenvalue weighted by Gasteiger charge is 2.19. The highest BCUT2D eigenvalue weighted by atomic mass is 79.9. The Bertz CT molecular complexity index is 725. The Hall–Kier alpha value is -1.89. The van der Waals surface area contributed by atoms with Crippen LogP contribution in [0.4, 0.5) is 5.82 Å². The van der Waals surface area contributed by atoms with E-state index in [1.54, 1.807) is 10.9 Å². The number of hydrogen-bond acceptors (Lipinski definition) is 4. The fourth-order valence-electron chi connectivity index (χ4n) is 2.01. The molecule has 3 rings (SSSR count). The molecule has 0 bridgehead atoms. The number of hydrogen-bond donors (Lipinski definition) is 2. The second kappa shape index (κ2) is 4.34. The molecular weight excluding hydrogens is 308 g/mol. The molecule has 0 saturated carbocycles. The van der Waals surface area contributed by atoms with Crippen molar-refractivity contribution in [3.05, 3.63) is 28.5 Å². The van der Waals surface area contributed by atoms with Gasteiger partial charge in [-0.2, -0.15) is 14.9 Å². The molecule has 0 saturated heterocycles. The number of fused-ring (bicyclic) bond motifs is 1. The van der Waals surface area contributed by atoms with E-state index in [1.807, 2.05) is 12.1 Å². The van der Waals surface area contributed by atoms with Crippen molar-refractivity contribution in [1.29, 1.82) is 0 Å². The third-order valence-corrected chi connectivity index (χ3v) is 3.38. The van der Waals surface area contributed by atoms with Crippen molar-refractivity contribution in [2.75, 3.05) is 5.73 Å².